The Labute approximate surface area is 140 Å². The number of ether oxygens (including phenoxy) is 1. The van der Waals surface area contributed by atoms with Crippen LogP contribution < -0.4 is 4.74 Å². The highest BCUT2D eigenvalue weighted by atomic mass is 79.9. The molecule has 1 nitrogen and oxygen atoms in total. The van der Waals surface area contributed by atoms with Gasteiger partial charge in [0, 0.05) is 10.6 Å². The van der Waals surface area contributed by atoms with Crippen LogP contribution in [0.5, 0.6) is 5.75 Å². The smallest absolute Gasteiger partial charge is 0.125 e. The second-order valence-corrected chi connectivity index (χ2v) is 7.47. The summed E-state index contributed by atoms with van der Waals surface area (Å²) in [7, 11) is 1.66. The summed E-state index contributed by atoms with van der Waals surface area (Å²) in [6.45, 7) is 6.65. The van der Waals surface area contributed by atoms with Crippen molar-refractivity contribution in [2.24, 2.45) is 0 Å². The van der Waals surface area contributed by atoms with E-state index in [1.165, 1.54) is 11.1 Å². The van der Waals surface area contributed by atoms with Crippen LogP contribution in [-0.2, 0) is 5.41 Å². The molecule has 2 aromatic carbocycles. The van der Waals surface area contributed by atoms with Crippen molar-refractivity contribution in [2.75, 3.05) is 7.11 Å². The highest BCUT2D eigenvalue weighted by molar-refractivity contribution is 9.09. The fourth-order valence-electron chi connectivity index (χ4n) is 2.23. The highest BCUT2D eigenvalue weighted by Crippen LogP contribution is 2.38. The molecule has 1 unspecified atom stereocenters. The number of halogens is 2. The summed E-state index contributed by atoms with van der Waals surface area (Å²) in [6, 6.07) is 14.4. The van der Waals surface area contributed by atoms with Crippen LogP contribution in [0.25, 0.3) is 0 Å². The molecule has 0 spiro atoms. The Balaban J connectivity index is 2.34. The van der Waals surface area contributed by atoms with E-state index >= 15 is 0 Å². The molecule has 0 bridgehead atoms. The fourth-order valence-corrected chi connectivity index (χ4v) is 3.07. The standard InChI is InChI=1S/C18H20BrClO/c1-18(2,3)13-7-5-12(6-8-13)17(19)15-10-9-14(20)11-16(15)21-4/h5-11,17H,1-4H3. The van der Waals surface area contributed by atoms with Gasteiger partial charge >= 0.3 is 0 Å². The van der Waals surface area contributed by atoms with Gasteiger partial charge in [0.25, 0.3) is 0 Å². The summed E-state index contributed by atoms with van der Waals surface area (Å²) in [6.07, 6.45) is 0. The summed E-state index contributed by atoms with van der Waals surface area (Å²) in [5.41, 5.74) is 3.77. The van der Waals surface area contributed by atoms with Gasteiger partial charge in [0.05, 0.1) is 11.9 Å². The lowest BCUT2D eigenvalue weighted by Crippen LogP contribution is -2.10. The van der Waals surface area contributed by atoms with E-state index in [0.717, 1.165) is 11.3 Å². The summed E-state index contributed by atoms with van der Waals surface area (Å²) < 4.78 is 5.43. The van der Waals surface area contributed by atoms with Crippen LogP contribution >= 0.6 is 27.5 Å². The second-order valence-electron chi connectivity index (χ2n) is 6.12. The minimum absolute atomic E-state index is 0.0822. The first-order valence-electron chi connectivity index (χ1n) is 6.91. The highest BCUT2D eigenvalue weighted by Gasteiger charge is 2.18. The van der Waals surface area contributed by atoms with Gasteiger partial charge in [-0.3, -0.25) is 0 Å². The van der Waals surface area contributed by atoms with Gasteiger partial charge in [-0.1, -0.05) is 78.6 Å². The monoisotopic (exact) mass is 366 g/mol. The quantitative estimate of drug-likeness (QED) is 0.593. The van der Waals surface area contributed by atoms with Crippen LogP contribution in [0.1, 0.15) is 42.3 Å². The molecule has 3 heteroatoms. The molecular formula is C18H20BrClO. The largest absolute Gasteiger partial charge is 0.496 e. The molecule has 0 aliphatic carbocycles. The molecule has 0 fully saturated rings. The van der Waals surface area contributed by atoms with Crippen LogP contribution in [-0.4, -0.2) is 7.11 Å². The first kappa shape index (κ1) is 16.4. The van der Waals surface area contributed by atoms with E-state index in [1.807, 2.05) is 18.2 Å². The van der Waals surface area contributed by atoms with Crippen molar-refractivity contribution >= 4 is 27.5 Å². The van der Waals surface area contributed by atoms with Crippen molar-refractivity contribution in [3.63, 3.8) is 0 Å². The van der Waals surface area contributed by atoms with Crippen molar-refractivity contribution in [1.29, 1.82) is 0 Å². The predicted octanol–water partition coefficient (Wildman–Crippen LogP) is 6.13. The maximum atomic E-state index is 6.02. The fraction of sp³-hybridized carbons (Fsp3) is 0.333. The lowest BCUT2D eigenvalue weighted by molar-refractivity contribution is 0.410. The molecule has 0 aliphatic heterocycles. The minimum Gasteiger partial charge on any atom is -0.496 e. The third kappa shape index (κ3) is 3.81. The average molecular weight is 368 g/mol. The summed E-state index contributed by atoms with van der Waals surface area (Å²) in [5.74, 6) is 0.796. The number of benzene rings is 2. The maximum Gasteiger partial charge on any atom is 0.125 e. The topological polar surface area (TPSA) is 9.23 Å². The van der Waals surface area contributed by atoms with E-state index in [4.69, 9.17) is 16.3 Å². The Morgan fingerprint density at radius 2 is 1.67 bits per heavy atom. The zero-order valence-electron chi connectivity index (χ0n) is 12.8. The zero-order chi connectivity index (χ0) is 15.6. The predicted molar refractivity (Wildman–Crippen MR) is 93.9 cm³/mol. The lowest BCUT2D eigenvalue weighted by Gasteiger charge is -2.20. The van der Waals surface area contributed by atoms with E-state index in [-0.39, 0.29) is 10.2 Å². The maximum absolute atomic E-state index is 6.02. The molecule has 112 valence electrons. The molecule has 0 N–H and O–H groups in total. The van der Waals surface area contributed by atoms with E-state index in [0.29, 0.717) is 5.02 Å². The SMILES string of the molecule is COc1cc(Cl)ccc1C(Br)c1ccc(C(C)(C)C)cc1. The number of hydrogen-bond donors (Lipinski definition) is 0. The lowest BCUT2D eigenvalue weighted by atomic mass is 9.86. The Bertz CT molecular complexity index is 614. The van der Waals surface area contributed by atoms with Gasteiger partial charge in [-0.05, 0) is 28.7 Å². The van der Waals surface area contributed by atoms with Crippen molar-refractivity contribution in [3.8, 4) is 5.75 Å². The van der Waals surface area contributed by atoms with Crippen molar-refractivity contribution in [3.05, 3.63) is 64.2 Å². The molecule has 0 aliphatic rings. The van der Waals surface area contributed by atoms with E-state index < -0.39 is 0 Å². The van der Waals surface area contributed by atoms with Crippen molar-refractivity contribution < 1.29 is 4.74 Å². The third-order valence-electron chi connectivity index (χ3n) is 3.54. The minimum atomic E-state index is 0.0822. The molecule has 2 rings (SSSR count). The molecule has 0 heterocycles. The Morgan fingerprint density at radius 3 is 2.19 bits per heavy atom. The van der Waals surface area contributed by atoms with Gasteiger partial charge < -0.3 is 4.74 Å². The summed E-state index contributed by atoms with van der Waals surface area (Å²) >= 11 is 9.78. The molecule has 0 aromatic heterocycles. The van der Waals surface area contributed by atoms with E-state index in [1.54, 1.807) is 7.11 Å². The molecule has 2 aromatic rings. The van der Waals surface area contributed by atoms with Crippen molar-refractivity contribution in [2.45, 2.75) is 31.0 Å². The average Bonchev–Trinajstić information content (AvgIpc) is 2.45. The number of alkyl halides is 1. The Morgan fingerprint density at radius 1 is 1.05 bits per heavy atom. The van der Waals surface area contributed by atoms with Gasteiger partial charge in [0.15, 0.2) is 0 Å². The first-order chi connectivity index (χ1) is 9.82. The number of hydrogen-bond acceptors (Lipinski definition) is 1. The van der Waals surface area contributed by atoms with Gasteiger partial charge in [-0.2, -0.15) is 0 Å². The first-order valence-corrected chi connectivity index (χ1v) is 8.20. The number of methoxy groups -OCH3 is 1. The second kappa shape index (κ2) is 6.41. The van der Waals surface area contributed by atoms with Crippen LogP contribution in [0.15, 0.2) is 42.5 Å². The molecule has 0 saturated heterocycles. The normalized spacial score (nSPS) is 13.0. The summed E-state index contributed by atoms with van der Waals surface area (Å²) in [5, 5.41) is 0.679. The van der Waals surface area contributed by atoms with Crippen LogP contribution in [0.3, 0.4) is 0 Å². The van der Waals surface area contributed by atoms with Crippen molar-refractivity contribution in [1.82, 2.24) is 0 Å². The van der Waals surface area contributed by atoms with Gasteiger partial charge in [-0.25, -0.2) is 0 Å². The molecular weight excluding hydrogens is 348 g/mol. The van der Waals surface area contributed by atoms with Gasteiger partial charge in [0.1, 0.15) is 5.75 Å². The Kier molecular flexibility index (Phi) is 5.00. The molecule has 21 heavy (non-hydrogen) atoms. The van der Waals surface area contributed by atoms with E-state index in [9.17, 15) is 0 Å². The van der Waals surface area contributed by atoms with E-state index in [2.05, 4.69) is 61.0 Å². The third-order valence-corrected chi connectivity index (χ3v) is 4.79. The summed E-state index contributed by atoms with van der Waals surface area (Å²) in [4.78, 5) is 0.0822. The Hall–Kier alpha value is -0.990. The van der Waals surface area contributed by atoms with Gasteiger partial charge in [-0.15, -0.1) is 0 Å². The molecule has 0 radical (unpaired) electrons. The zero-order valence-corrected chi connectivity index (χ0v) is 15.1. The van der Waals surface area contributed by atoms with Crippen LogP contribution in [0, 0.1) is 0 Å². The van der Waals surface area contributed by atoms with Crippen LogP contribution in [0.2, 0.25) is 5.02 Å². The molecule has 0 saturated carbocycles. The molecule has 0 amide bonds. The van der Waals surface area contributed by atoms with Gasteiger partial charge in [0.2, 0.25) is 0 Å². The van der Waals surface area contributed by atoms with Crippen LogP contribution in [0.4, 0.5) is 0 Å². The molecule has 1 atom stereocenters. The number of rotatable bonds is 3.